The lowest BCUT2D eigenvalue weighted by atomic mass is 10.2. The average Bonchev–Trinajstić information content (AvgIpc) is 2.96. The summed E-state index contributed by atoms with van der Waals surface area (Å²) >= 11 is 0. The second-order valence-corrected chi connectivity index (χ2v) is 5.77. The molecule has 1 aliphatic rings. The number of halogens is 1. The fraction of sp³-hybridized carbons (Fsp3) is 0.588. The number of methoxy groups -OCH3 is 1. The third-order valence-corrected chi connectivity index (χ3v) is 3.83. The fourth-order valence-corrected chi connectivity index (χ4v) is 2.33. The highest BCUT2D eigenvalue weighted by atomic mass is 127. The van der Waals surface area contributed by atoms with Crippen molar-refractivity contribution >= 4 is 29.9 Å². The minimum atomic E-state index is 0. The molecular formula is C17H29IN4O2. The molecule has 1 aromatic rings. The molecule has 1 aliphatic heterocycles. The Balaban J connectivity index is 0.00000288. The molecule has 0 spiro atoms. The number of hydrogen-bond donors (Lipinski definition) is 1. The first-order valence-corrected chi connectivity index (χ1v) is 8.07. The lowest BCUT2D eigenvalue weighted by molar-refractivity contribution is 0.150. The lowest BCUT2D eigenvalue weighted by Crippen LogP contribution is -2.35. The van der Waals surface area contributed by atoms with Gasteiger partial charge < -0.3 is 24.6 Å². The first-order chi connectivity index (χ1) is 11.2. The van der Waals surface area contributed by atoms with Crippen molar-refractivity contribution in [2.24, 2.45) is 4.99 Å². The maximum atomic E-state index is 5.84. The van der Waals surface area contributed by atoms with Crippen LogP contribution in [0.25, 0.3) is 0 Å². The van der Waals surface area contributed by atoms with Crippen molar-refractivity contribution in [3.8, 4) is 5.75 Å². The summed E-state index contributed by atoms with van der Waals surface area (Å²) in [5.74, 6) is 1.88. The van der Waals surface area contributed by atoms with Gasteiger partial charge in [-0.15, -0.1) is 24.0 Å². The van der Waals surface area contributed by atoms with Crippen LogP contribution in [-0.2, 0) is 11.3 Å². The molecule has 0 radical (unpaired) electrons. The molecule has 1 heterocycles. The van der Waals surface area contributed by atoms with E-state index in [0.717, 1.165) is 51.0 Å². The summed E-state index contributed by atoms with van der Waals surface area (Å²) in [7, 11) is 5.85. The van der Waals surface area contributed by atoms with Gasteiger partial charge in [0, 0.05) is 40.3 Å². The van der Waals surface area contributed by atoms with Crippen LogP contribution in [0, 0.1) is 0 Å². The summed E-state index contributed by atoms with van der Waals surface area (Å²) in [6.45, 7) is 5.84. The molecule has 24 heavy (non-hydrogen) atoms. The number of guanidine groups is 1. The molecule has 1 N–H and O–H groups in total. The van der Waals surface area contributed by atoms with Gasteiger partial charge in [0.15, 0.2) is 5.96 Å². The number of aliphatic imine (C=N–C) groups is 1. The number of likely N-dealkylation sites (N-methyl/N-ethyl adjacent to an activating group) is 2. The smallest absolute Gasteiger partial charge is 0.194 e. The van der Waals surface area contributed by atoms with Gasteiger partial charge in [0.05, 0.1) is 13.2 Å². The molecular weight excluding hydrogens is 419 g/mol. The summed E-state index contributed by atoms with van der Waals surface area (Å²) < 4.78 is 10.9. The summed E-state index contributed by atoms with van der Waals surface area (Å²) in [5, 5.41) is 3.37. The van der Waals surface area contributed by atoms with Crippen LogP contribution < -0.4 is 10.1 Å². The van der Waals surface area contributed by atoms with Gasteiger partial charge in [0.1, 0.15) is 12.4 Å². The number of hydrogen-bond acceptors (Lipinski definition) is 6. The molecule has 0 aromatic heterocycles. The van der Waals surface area contributed by atoms with Crippen LogP contribution in [0.3, 0.4) is 0 Å². The Hall–Kier alpha value is -1.06. The first kappa shape index (κ1) is 21.0. The highest BCUT2D eigenvalue weighted by molar-refractivity contribution is 14.0. The predicted molar refractivity (Wildman–Crippen MR) is 108 cm³/mol. The monoisotopic (exact) mass is 448 g/mol. The standard InChI is InChI=1S/C17H28N4O2.HI/c1-20(9-11-22-3)10-12-23-16-6-4-5-15(13-16)14-19-17-18-7-8-21(17)2;/h4-6,13H,7-12,14H2,1-3H3,(H,18,19);1H. The van der Waals surface area contributed by atoms with Gasteiger partial charge in [0.2, 0.25) is 0 Å². The van der Waals surface area contributed by atoms with E-state index in [1.54, 1.807) is 7.11 Å². The average molecular weight is 448 g/mol. The van der Waals surface area contributed by atoms with Crippen LogP contribution in [0.15, 0.2) is 29.3 Å². The van der Waals surface area contributed by atoms with Crippen LogP contribution in [0.2, 0.25) is 0 Å². The molecule has 2 rings (SSSR count). The van der Waals surface area contributed by atoms with Crippen LogP contribution in [0.1, 0.15) is 5.56 Å². The quantitative estimate of drug-likeness (QED) is 0.583. The van der Waals surface area contributed by atoms with Gasteiger partial charge >= 0.3 is 0 Å². The highest BCUT2D eigenvalue weighted by Crippen LogP contribution is 2.13. The largest absolute Gasteiger partial charge is 0.492 e. The third-order valence-electron chi connectivity index (χ3n) is 3.83. The van der Waals surface area contributed by atoms with Crippen molar-refractivity contribution in [3.05, 3.63) is 29.8 Å². The molecule has 0 aliphatic carbocycles. The van der Waals surface area contributed by atoms with Crippen molar-refractivity contribution in [1.29, 1.82) is 0 Å². The molecule has 0 fully saturated rings. The van der Waals surface area contributed by atoms with Gasteiger partial charge in [-0.3, -0.25) is 4.99 Å². The zero-order chi connectivity index (χ0) is 16.5. The molecule has 136 valence electrons. The zero-order valence-corrected chi connectivity index (χ0v) is 17.2. The number of benzene rings is 1. The van der Waals surface area contributed by atoms with E-state index in [1.165, 1.54) is 5.56 Å². The minimum Gasteiger partial charge on any atom is -0.492 e. The summed E-state index contributed by atoms with van der Waals surface area (Å²) in [4.78, 5) is 8.76. The van der Waals surface area contributed by atoms with E-state index >= 15 is 0 Å². The van der Waals surface area contributed by atoms with Gasteiger partial charge in [0.25, 0.3) is 0 Å². The van der Waals surface area contributed by atoms with Crippen LogP contribution in [0.5, 0.6) is 5.75 Å². The Morgan fingerprint density at radius 1 is 1.29 bits per heavy atom. The van der Waals surface area contributed by atoms with E-state index < -0.39 is 0 Å². The molecule has 1 aromatic carbocycles. The maximum Gasteiger partial charge on any atom is 0.194 e. The normalized spacial score (nSPS) is 13.7. The van der Waals surface area contributed by atoms with Gasteiger partial charge in [-0.25, -0.2) is 0 Å². The van der Waals surface area contributed by atoms with Crippen molar-refractivity contribution < 1.29 is 9.47 Å². The molecule has 0 saturated carbocycles. The Kier molecular flexibility index (Phi) is 10.0. The fourth-order valence-electron chi connectivity index (χ4n) is 2.33. The van der Waals surface area contributed by atoms with Crippen molar-refractivity contribution in [3.63, 3.8) is 0 Å². The third kappa shape index (κ3) is 7.23. The van der Waals surface area contributed by atoms with E-state index in [0.29, 0.717) is 6.61 Å². The van der Waals surface area contributed by atoms with E-state index in [1.807, 2.05) is 12.1 Å². The number of nitrogens with zero attached hydrogens (tertiary/aromatic N) is 3. The molecule has 0 saturated heterocycles. The van der Waals surface area contributed by atoms with E-state index in [4.69, 9.17) is 9.47 Å². The second kappa shape index (κ2) is 11.5. The van der Waals surface area contributed by atoms with Gasteiger partial charge in [-0.2, -0.15) is 0 Å². The minimum absolute atomic E-state index is 0. The SMILES string of the molecule is COCCN(C)CCOc1cccc(CNC2=NCCN2C)c1.I. The zero-order valence-electron chi connectivity index (χ0n) is 14.8. The summed E-state index contributed by atoms with van der Waals surface area (Å²) in [6.07, 6.45) is 0. The van der Waals surface area contributed by atoms with Gasteiger partial charge in [-0.1, -0.05) is 12.1 Å². The van der Waals surface area contributed by atoms with Gasteiger partial charge in [-0.05, 0) is 24.7 Å². The number of nitrogens with one attached hydrogen (secondary N) is 1. The Labute approximate surface area is 162 Å². The van der Waals surface area contributed by atoms with Crippen molar-refractivity contribution in [2.45, 2.75) is 6.54 Å². The second-order valence-electron chi connectivity index (χ2n) is 5.77. The van der Waals surface area contributed by atoms with Crippen molar-refractivity contribution in [1.82, 2.24) is 15.1 Å². The molecule has 0 bridgehead atoms. The molecule has 0 unspecified atom stereocenters. The Bertz CT molecular complexity index is 513. The molecule has 6 nitrogen and oxygen atoms in total. The van der Waals surface area contributed by atoms with E-state index in [2.05, 4.69) is 46.3 Å². The van der Waals surface area contributed by atoms with Crippen LogP contribution >= 0.6 is 24.0 Å². The summed E-state index contributed by atoms with van der Waals surface area (Å²) in [6, 6.07) is 8.21. The Morgan fingerprint density at radius 3 is 2.79 bits per heavy atom. The lowest BCUT2D eigenvalue weighted by Gasteiger charge is -2.17. The van der Waals surface area contributed by atoms with Crippen LogP contribution in [-0.4, -0.2) is 76.4 Å². The topological polar surface area (TPSA) is 49.3 Å². The molecule has 0 atom stereocenters. The van der Waals surface area contributed by atoms with E-state index in [9.17, 15) is 0 Å². The summed E-state index contributed by atoms with van der Waals surface area (Å²) in [5.41, 5.74) is 1.19. The number of rotatable bonds is 9. The number of ether oxygens (including phenoxy) is 2. The predicted octanol–water partition coefficient (Wildman–Crippen LogP) is 1.65. The van der Waals surface area contributed by atoms with Crippen LogP contribution in [0.4, 0.5) is 0 Å². The molecule has 0 amide bonds. The first-order valence-electron chi connectivity index (χ1n) is 8.07. The Morgan fingerprint density at radius 2 is 2.08 bits per heavy atom. The highest BCUT2D eigenvalue weighted by Gasteiger charge is 2.11. The van der Waals surface area contributed by atoms with Crippen molar-refractivity contribution in [2.75, 3.05) is 60.6 Å². The maximum absolute atomic E-state index is 5.84. The molecule has 7 heteroatoms. The van der Waals surface area contributed by atoms with E-state index in [-0.39, 0.29) is 24.0 Å².